The molecule has 1 aromatic rings. The molecular formula is C15H21BrF3NS. The molecule has 1 saturated carbocycles. The van der Waals surface area contributed by atoms with Gasteiger partial charge in [-0.3, -0.25) is 0 Å². The fraction of sp³-hybridized carbons (Fsp3) is 0.733. The summed E-state index contributed by atoms with van der Waals surface area (Å²) in [5, 5.41) is 5.46. The quantitative estimate of drug-likeness (QED) is 0.665. The van der Waals surface area contributed by atoms with Crippen molar-refractivity contribution >= 4 is 27.3 Å². The lowest BCUT2D eigenvalue weighted by Gasteiger charge is -2.35. The van der Waals surface area contributed by atoms with E-state index in [1.54, 1.807) is 11.3 Å². The van der Waals surface area contributed by atoms with E-state index in [2.05, 4.69) is 28.2 Å². The maximum atomic E-state index is 13.0. The molecule has 0 radical (unpaired) electrons. The predicted molar refractivity (Wildman–Crippen MR) is 84.6 cm³/mol. The van der Waals surface area contributed by atoms with E-state index in [-0.39, 0.29) is 24.8 Å². The average Bonchev–Trinajstić information content (AvgIpc) is 2.85. The third-order valence-electron chi connectivity index (χ3n) is 4.19. The summed E-state index contributed by atoms with van der Waals surface area (Å²) in [4.78, 5) is 1.14. The number of rotatable bonds is 5. The van der Waals surface area contributed by atoms with E-state index in [1.165, 1.54) is 0 Å². The summed E-state index contributed by atoms with van der Waals surface area (Å²) in [5.74, 6) is -1.08. The van der Waals surface area contributed by atoms with Crippen LogP contribution in [0.2, 0.25) is 0 Å². The number of hydrogen-bond acceptors (Lipinski definition) is 2. The zero-order valence-corrected chi connectivity index (χ0v) is 14.5. The Hall–Kier alpha value is -0.0700. The van der Waals surface area contributed by atoms with Crippen LogP contribution in [0.5, 0.6) is 0 Å². The third kappa shape index (κ3) is 4.45. The van der Waals surface area contributed by atoms with Gasteiger partial charge in [-0.15, -0.1) is 11.3 Å². The maximum Gasteiger partial charge on any atom is 0.391 e. The van der Waals surface area contributed by atoms with Crippen molar-refractivity contribution in [1.82, 2.24) is 5.32 Å². The lowest BCUT2D eigenvalue weighted by atomic mass is 9.77. The fourth-order valence-corrected chi connectivity index (χ4v) is 4.92. The molecule has 1 N–H and O–H groups in total. The van der Waals surface area contributed by atoms with E-state index in [4.69, 9.17) is 0 Å². The van der Waals surface area contributed by atoms with Crippen molar-refractivity contribution in [3.8, 4) is 0 Å². The Morgan fingerprint density at radius 2 is 2.19 bits per heavy atom. The van der Waals surface area contributed by atoms with Crippen molar-refractivity contribution in [1.29, 1.82) is 0 Å². The molecule has 1 heterocycles. The van der Waals surface area contributed by atoms with E-state index in [0.717, 1.165) is 28.7 Å². The van der Waals surface area contributed by atoms with Gasteiger partial charge in [-0.1, -0.05) is 13.3 Å². The van der Waals surface area contributed by atoms with Crippen molar-refractivity contribution in [2.24, 2.45) is 11.8 Å². The molecule has 1 aliphatic carbocycles. The van der Waals surface area contributed by atoms with Gasteiger partial charge in [-0.05, 0) is 65.5 Å². The largest absolute Gasteiger partial charge is 0.391 e. The molecule has 0 saturated heterocycles. The van der Waals surface area contributed by atoms with E-state index in [9.17, 15) is 13.2 Å². The second-order valence-corrected chi connectivity index (χ2v) is 7.53. The Morgan fingerprint density at radius 1 is 1.43 bits per heavy atom. The molecule has 1 nitrogen and oxygen atoms in total. The lowest BCUT2D eigenvalue weighted by Crippen LogP contribution is -2.35. The first-order valence-electron chi connectivity index (χ1n) is 7.46. The summed E-state index contributed by atoms with van der Waals surface area (Å²) >= 11 is 5.15. The maximum absolute atomic E-state index is 13.0. The zero-order chi connectivity index (χ0) is 15.5. The van der Waals surface area contributed by atoms with Crippen molar-refractivity contribution in [3.63, 3.8) is 0 Å². The smallest absolute Gasteiger partial charge is 0.309 e. The van der Waals surface area contributed by atoms with Gasteiger partial charge in [0.2, 0.25) is 0 Å². The third-order valence-corrected chi connectivity index (χ3v) is 6.14. The highest BCUT2D eigenvalue weighted by atomic mass is 79.9. The number of halogens is 4. The zero-order valence-electron chi connectivity index (χ0n) is 12.0. The molecule has 6 heteroatoms. The van der Waals surface area contributed by atoms with E-state index >= 15 is 0 Å². The molecular weight excluding hydrogens is 363 g/mol. The second kappa shape index (κ2) is 7.47. The monoisotopic (exact) mass is 383 g/mol. The van der Waals surface area contributed by atoms with Gasteiger partial charge in [0.15, 0.2) is 0 Å². The summed E-state index contributed by atoms with van der Waals surface area (Å²) in [6.45, 7) is 2.91. The fourth-order valence-electron chi connectivity index (χ4n) is 3.13. The van der Waals surface area contributed by atoms with Crippen molar-refractivity contribution < 1.29 is 13.2 Å². The van der Waals surface area contributed by atoms with Gasteiger partial charge in [-0.25, -0.2) is 0 Å². The Balaban J connectivity index is 2.15. The lowest BCUT2D eigenvalue weighted by molar-refractivity contribution is -0.186. The second-order valence-electron chi connectivity index (χ2n) is 5.73. The Morgan fingerprint density at radius 3 is 2.76 bits per heavy atom. The van der Waals surface area contributed by atoms with Crippen LogP contribution in [0, 0.1) is 11.8 Å². The van der Waals surface area contributed by atoms with Crippen LogP contribution in [0.25, 0.3) is 0 Å². The van der Waals surface area contributed by atoms with E-state index in [0.29, 0.717) is 6.42 Å². The van der Waals surface area contributed by atoms with Crippen LogP contribution in [0.3, 0.4) is 0 Å². The number of thiophene rings is 1. The molecule has 3 atom stereocenters. The molecule has 120 valence electrons. The van der Waals surface area contributed by atoms with Crippen LogP contribution in [-0.2, 0) is 0 Å². The molecule has 0 amide bonds. The van der Waals surface area contributed by atoms with Crippen LogP contribution < -0.4 is 5.32 Å². The normalized spacial score (nSPS) is 25.0. The van der Waals surface area contributed by atoms with Gasteiger partial charge >= 0.3 is 6.18 Å². The topological polar surface area (TPSA) is 12.0 Å². The molecule has 2 rings (SSSR count). The molecule has 0 aliphatic heterocycles. The van der Waals surface area contributed by atoms with Gasteiger partial charge in [-0.2, -0.15) is 13.2 Å². The number of hydrogen-bond donors (Lipinski definition) is 1. The molecule has 1 fully saturated rings. The molecule has 0 aromatic carbocycles. The molecule has 1 aromatic heterocycles. The van der Waals surface area contributed by atoms with Crippen LogP contribution in [0.1, 0.15) is 49.9 Å². The van der Waals surface area contributed by atoms with Gasteiger partial charge in [0.05, 0.1) is 5.92 Å². The molecule has 21 heavy (non-hydrogen) atoms. The SMILES string of the molecule is CCCNC(c1sccc1Br)C1CCCC(C(F)(F)F)C1. The summed E-state index contributed by atoms with van der Waals surface area (Å²) in [5.41, 5.74) is 0. The average molecular weight is 384 g/mol. The van der Waals surface area contributed by atoms with Crippen LogP contribution in [0.4, 0.5) is 13.2 Å². The minimum Gasteiger partial charge on any atom is -0.309 e. The minimum absolute atomic E-state index is 0.0319. The van der Waals surface area contributed by atoms with Crippen molar-refractivity contribution in [2.75, 3.05) is 6.54 Å². The van der Waals surface area contributed by atoms with Crippen LogP contribution >= 0.6 is 27.3 Å². The van der Waals surface area contributed by atoms with Crippen LogP contribution in [0.15, 0.2) is 15.9 Å². The first-order valence-corrected chi connectivity index (χ1v) is 9.13. The minimum atomic E-state index is -4.05. The van der Waals surface area contributed by atoms with Gasteiger partial charge < -0.3 is 5.32 Å². The van der Waals surface area contributed by atoms with Gasteiger partial charge in [0.1, 0.15) is 0 Å². The highest BCUT2D eigenvalue weighted by Crippen LogP contribution is 2.45. The predicted octanol–water partition coefficient (Wildman–Crippen LogP) is 5.92. The van der Waals surface area contributed by atoms with E-state index in [1.807, 2.05) is 11.4 Å². The van der Waals surface area contributed by atoms with Crippen molar-refractivity contribution in [3.05, 3.63) is 20.8 Å². The summed E-state index contributed by atoms with van der Waals surface area (Å²) in [6, 6.07) is 2.01. The molecule has 0 spiro atoms. The van der Waals surface area contributed by atoms with E-state index < -0.39 is 12.1 Å². The van der Waals surface area contributed by atoms with Gasteiger partial charge in [0.25, 0.3) is 0 Å². The first kappa shape index (κ1) is 17.3. The summed E-state index contributed by atoms with van der Waals surface area (Å²) < 4.78 is 40.1. The summed E-state index contributed by atoms with van der Waals surface area (Å²) in [6.07, 6.45) is -1.00. The van der Waals surface area contributed by atoms with Crippen molar-refractivity contribution in [2.45, 2.75) is 51.2 Å². The number of alkyl halides is 3. The molecule has 0 bridgehead atoms. The first-order chi connectivity index (χ1) is 9.93. The Labute approximate surface area is 136 Å². The Bertz CT molecular complexity index is 446. The highest BCUT2D eigenvalue weighted by Gasteiger charge is 2.44. The van der Waals surface area contributed by atoms with Gasteiger partial charge in [0, 0.05) is 15.4 Å². The standard InChI is InChI=1S/C15H21BrF3NS/c1-2-7-20-13(14-12(16)6-8-21-14)10-4-3-5-11(9-10)15(17,18)19/h6,8,10-11,13,20H,2-5,7,9H2,1H3. The summed E-state index contributed by atoms with van der Waals surface area (Å²) in [7, 11) is 0. The number of nitrogens with one attached hydrogen (secondary N) is 1. The Kier molecular flexibility index (Phi) is 6.15. The van der Waals surface area contributed by atoms with Crippen LogP contribution in [-0.4, -0.2) is 12.7 Å². The molecule has 1 aliphatic rings. The highest BCUT2D eigenvalue weighted by molar-refractivity contribution is 9.10. The molecule has 3 unspecified atom stereocenters.